The Morgan fingerprint density at radius 1 is 1.03 bits per heavy atom. The molecule has 7 nitrogen and oxygen atoms in total. The fourth-order valence-corrected chi connectivity index (χ4v) is 4.77. The molecule has 3 aliphatic rings. The molecule has 0 bridgehead atoms. The zero-order valence-electron chi connectivity index (χ0n) is 16.5. The number of ether oxygens (including phenoxy) is 1. The Hall–Kier alpha value is -3.35. The number of nitrogens with zero attached hydrogens (tertiary/aromatic N) is 2. The molecular weight excluding hydrogens is 382 g/mol. The quantitative estimate of drug-likeness (QED) is 0.797. The molecule has 2 aliphatic heterocycles. The van der Waals surface area contributed by atoms with Crippen molar-refractivity contribution in [3.8, 4) is 5.75 Å². The summed E-state index contributed by atoms with van der Waals surface area (Å²) in [7, 11) is 0. The summed E-state index contributed by atoms with van der Waals surface area (Å²) in [5, 5.41) is 2.84. The largest absolute Gasteiger partial charge is 0.489 e. The third kappa shape index (κ3) is 2.93. The molecule has 154 valence electrons. The highest BCUT2D eigenvalue weighted by Crippen LogP contribution is 2.40. The molecule has 0 radical (unpaired) electrons. The van der Waals surface area contributed by atoms with Crippen LogP contribution in [0.5, 0.6) is 5.75 Å². The number of hydrogen-bond acceptors (Lipinski definition) is 4. The first kappa shape index (κ1) is 18.7. The zero-order valence-corrected chi connectivity index (χ0v) is 16.5. The number of fused-ring (bicyclic) bond motifs is 1. The lowest BCUT2D eigenvalue weighted by Crippen LogP contribution is -2.48. The number of benzene rings is 2. The van der Waals surface area contributed by atoms with E-state index < -0.39 is 11.6 Å². The van der Waals surface area contributed by atoms with Crippen LogP contribution in [0.4, 0.5) is 10.5 Å². The number of imide groups is 1. The van der Waals surface area contributed by atoms with Crippen LogP contribution in [0.2, 0.25) is 0 Å². The third-order valence-corrected chi connectivity index (χ3v) is 6.28. The van der Waals surface area contributed by atoms with Crippen LogP contribution in [0.15, 0.2) is 54.6 Å². The molecule has 0 aromatic heterocycles. The molecule has 2 fully saturated rings. The number of urea groups is 1. The molecule has 1 aliphatic carbocycles. The fourth-order valence-electron chi connectivity index (χ4n) is 4.77. The molecule has 2 aromatic carbocycles. The number of hydrogen-bond donors (Lipinski definition) is 1. The van der Waals surface area contributed by atoms with Gasteiger partial charge in [0.15, 0.2) is 0 Å². The molecule has 2 aromatic rings. The molecule has 1 saturated heterocycles. The van der Waals surface area contributed by atoms with Gasteiger partial charge < -0.3 is 10.1 Å². The molecule has 1 spiro atoms. The van der Waals surface area contributed by atoms with Crippen LogP contribution in [0.3, 0.4) is 0 Å². The summed E-state index contributed by atoms with van der Waals surface area (Å²) in [6.45, 7) is 0.0148. The highest BCUT2D eigenvalue weighted by atomic mass is 16.5. The van der Waals surface area contributed by atoms with E-state index in [9.17, 15) is 14.4 Å². The van der Waals surface area contributed by atoms with Crippen LogP contribution in [0.1, 0.15) is 37.3 Å². The topological polar surface area (TPSA) is 79.0 Å². The van der Waals surface area contributed by atoms with Crippen LogP contribution < -0.4 is 15.0 Å². The maximum atomic E-state index is 13.5. The van der Waals surface area contributed by atoms with Gasteiger partial charge in [0, 0.05) is 0 Å². The van der Waals surface area contributed by atoms with Crippen molar-refractivity contribution in [2.45, 2.75) is 37.3 Å². The number of carbonyl (C=O) groups is 3. The lowest BCUT2D eigenvalue weighted by Gasteiger charge is -2.37. The second-order valence-electron chi connectivity index (χ2n) is 8.08. The summed E-state index contributed by atoms with van der Waals surface area (Å²) >= 11 is 0. The van der Waals surface area contributed by atoms with Crippen molar-refractivity contribution in [2.75, 3.05) is 18.1 Å². The monoisotopic (exact) mass is 405 g/mol. The fraction of sp³-hybridized carbons (Fsp3) is 0.348. The second-order valence-corrected chi connectivity index (χ2v) is 8.08. The molecule has 2 heterocycles. The first-order valence-electron chi connectivity index (χ1n) is 10.3. The van der Waals surface area contributed by atoms with Gasteiger partial charge in [-0.3, -0.25) is 19.4 Å². The summed E-state index contributed by atoms with van der Waals surface area (Å²) in [5.74, 6) is 0.0248. The highest BCUT2D eigenvalue weighted by Gasteiger charge is 2.53. The average molecular weight is 405 g/mol. The maximum Gasteiger partial charge on any atom is 0.325 e. The van der Waals surface area contributed by atoms with Gasteiger partial charge in [0.2, 0.25) is 5.91 Å². The maximum absolute atomic E-state index is 13.5. The highest BCUT2D eigenvalue weighted by molar-refractivity contribution is 6.11. The van der Waals surface area contributed by atoms with Crippen LogP contribution in [0, 0.1) is 0 Å². The smallest absolute Gasteiger partial charge is 0.325 e. The van der Waals surface area contributed by atoms with Crippen LogP contribution in [-0.4, -0.2) is 41.4 Å². The van der Waals surface area contributed by atoms with E-state index in [1.54, 1.807) is 4.90 Å². The number of para-hydroxylation sites is 2. The van der Waals surface area contributed by atoms with Crippen molar-refractivity contribution < 1.29 is 19.1 Å². The predicted octanol–water partition coefficient (Wildman–Crippen LogP) is 3.02. The van der Waals surface area contributed by atoms with Crippen molar-refractivity contribution in [3.63, 3.8) is 0 Å². The minimum Gasteiger partial charge on any atom is -0.489 e. The summed E-state index contributed by atoms with van der Waals surface area (Å²) in [5.41, 5.74) is 0.758. The molecule has 0 unspecified atom stereocenters. The number of rotatable bonds is 3. The Labute approximate surface area is 174 Å². The summed E-state index contributed by atoms with van der Waals surface area (Å²) < 4.78 is 5.91. The van der Waals surface area contributed by atoms with Gasteiger partial charge in [0.1, 0.15) is 24.4 Å². The van der Waals surface area contributed by atoms with Gasteiger partial charge >= 0.3 is 6.03 Å². The molecule has 1 atom stereocenters. The minimum absolute atomic E-state index is 0.281. The average Bonchev–Trinajstić information content (AvgIpc) is 3.34. The van der Waals surface area contributed by atoms with Gasteiger partial charge in [-0.05, 0) is 30.5 Å². The zero-order chi connectivity index (χ0) is 20.7. The Morgan fingerprint density at radius 2 is 1.73 bits per heavy atom. The second kappa shape index (κ2) is 7.16. The lowest BCUT2D eigenvalue weighted by atomic mass is 9.98. The van der Waals surface area contributed by atoms with Crippen LogP contribution in [-0.2, 0) is 9.59 Å². The van der Waals surface area contributed by atoms with Crippen molar-refractivity contribution in [3.05, 3.63) is 60.2 Å². The van der Waals surface area contributed by atoms with Gasteiger partial charge in [-0.2, -0.15) is 0 Å². The molecular formula is C23H23N3O4. The van der Waals surface area contributed by atoms with Crippen molar-refractivity contribution in [2.24, 2.45) is 0 Å². The normalized spacial score (nSPS) is 22.1. The molecule has 4 amide bonds. The Morgan fingerprint density at radius 3 is 2.50 bits per heavy atom. The Kier molecular flexibility index (Phi) is 4.46. The molecule has 7 heteroatoms. The first-order valence-corrected chi connectivity index (χ1v) is 10.3. The van der Waals surface area contributed by atoms with E-state index in [1.807, 2.05) is 54.6 Å². The Bertz CT molecular complexity index is 1000. The Balaban J connectivity index is 1.46. The summed E-state index contributed by atoms with van der Waals surface area (Å²) in [6, 6.07) is 16.2. The minimum atomic E-state index is -0.820. The van der Waals surface area contributed by atoms with E-state index in [2.05, 4.69) is 5.32 Å². The molecule has 1 N–H and O–H groups in total. The van der Waals surface area contributed by atoms with E-state index in [1.165, 1.54) is 0 Å². The summed E-state index contributed by atoms with van der Waals surface area (Å²) in [4.78, 5) is 41.8. The molecule has 5 rings (SSSR count). The van der Waals surface area contributed by atoms with Crippen molar-refractivity contribution in [1.29, 1.82) is 0 Å². The van der Waals surface area contributed by atoms with Crippen molar-refractivity contribution >= 4 is 23.5 Å². The predicted molar refractivity (Wildman–Crippen MR) is 110 cm³/mol. The molecule has 1 saturated carbocycles. The van der Waals surface area contributed by atoms with Crippen LogP contribution in [0.25, 0.3) is 0 Å². The standard InChI is InChI=1S/C23H23N3O4/c27-20(14-25-21(28)23(24-22(25)29)12-6-7-13-23)26-17-10-4-5-11-19(17)30-15-18(26)16-8-2-1-3-9-16/h1-5,8-11,18H,6-7,12-15H2,(H,24,29)/t18-/m1/s1. The number of carbonyl (C=O) groups excluding carboxylic acids is 3. The SMILES string of the molecule is O=C1NC2(CCCC2)C(=O)N1CC(=O)N1c2ccccc2OC[C@@H]1c1ccccc1. The van der Waals surface area contributed by atoms with Crippen LogP contribution >= 0.6 is 0 Å². The van der Waals surface area contributed by atoms with E-state index >= 15 is 0 Å². The van der Waals surface area contributed by atoms with E-state index in [0.717, 1.165) is 23.3 Å². The van der Waals surface area contributed by atoms with Gasteiger partial charge in [-0.25, -0.2) is 4.79 Å². The number of amides is 4. The van der Waals surface area contributed by atoms with Crippen molar-refractivity contribution in [1.82, 2.24) is 10.2 Å². The van der Waals surface area contributed by atoms with E-state index in [4.69, 9.17) is 4.74 Å². The van der Waals surface area contributed by atoms with E-state index in [-0.39, 0.29) is 24.4 Å². The van der Waals surface area contributed by atoms with Gasteiger partial charge in [-0.15, -0.1) is 0 Å². The van der Waals surface area contributed by atoms with Gasteiger partial charge in [0.25, 0.3) is 5.91 Å². The van der Waals surface area contributed by atoms with Gasteiger partial charge in [0.05, 0.1) is 11.7 Å². The molecule has 30 heavy (non-hydrogen) atoms. The first-order chi connectivity index (χ1) is 14.6. The number of anilines is 1. The number of nitrogens with one attached hydrogen (secondary N) is 1. The van der Waals surface area contributed by atoms with E-state index in [0.29, 0.717) is 30.9 Å². The van der Waals surface area contributed by atoms with Gasteiger partial charge in [-0.1, -0.05) is 55.3 Å². The third-order valence-electron chi connectivity index (χ3n) is 6.28. The lowest BCUT2D eigenvalue weighted by molar-refractivity contribution is -0.134. The summed E-state index contributed by atoms with van der Waals surface area (Å²) in [6.07, 6.45) is 3.08.